The molecule has 0 aliphatic carbocycles. The van der Waals surface area contributed by atoms with Crippen molar-refractivity contribution in [2.75, 3.05) is 13.1 Å². The van der Waals surface area contributed by atoms with E-state index in [1.165, 1.54) is 0 Å². The fourth-order valence-electron chi connectivity index (χ4n) is 2.32. The Bertz CT molecular complexity index is 342. The van der Waals surface area contributed by atoms with Crippen LogP contribution in [0.15, 0.2) is 0 Å². The van der Waals surface area contributed by atoms with E-state index in [1.54, 1.807) is 0 Å². The third kappa shape index (κ3) is 4.82. The molecule has 0 aromatic heterocycles. The normalized spacial score (nSPS) is 22.2. The van der Waals surface area contributed by atoms with Gasteiger partial charge in [0.2, 0.25) is 5.91 Å². The van der Waals surface area contributed by atoms with E-state index < -0.39 is 5.97 Å². The summed E-state index contributed by atoms with van der Waals surface area (Å²) >= 11 is 0. The molecule has 0 spiro atoms. The van der Waals surface area contributed by atoms with E-state index in [2.05, 4.69) is 10.2 Å². The van der Waals surface area contributed by atoms with Gasteiger partial charge in [-0.25, -0.2) is 0 Å². The number of carbonyl (C=O) groups is 2. The lowest BCUT2D eigenvalue weighted by atomic mass is 10.0. The number of likely N-dealkylation sites (tertiary alicyclic amines) is 1. The molecule has 1 fully saturated rings. The van der Waals surface area contributed by atoms with Crippen molar-refractivity contribution in [3.8, 4) is 0 Å². The lowest BCUT2D eigenvalue weighted by Gasteiger charge is -2.30. The Labute approximate surface area is 115 Å². The Hall–Kier alpha value is -1.10. The molecule has 1 amide bonds. The SMILES string of the molecule is CCC(C)(C)NC(=O)C(C)N1CCC(CC(=O)O)C1. The van der Waals surface area contributed by atoms with Gasteiger partial charge in [0.05, 0.1) is 6.04 Å². The van der Waals surface area contributed by atoms with Crippen molar-refractivity contribution in [3.63, 3.8) is 0 Å². The summed E-state index contributed by atoms with van der Waals surface area (Å²) in [6, 6.07) is -0.190. The average molecular weight is 270 g/mol. The zero-order chi connectivity index (χ0) is 14.6. The number of hydrogen-bond acceptors (Lipinski definition) is 3. The van der Waals surface area contributed by atoms with Crippen molar-refractivity contribution >= 4 is 11.9 Å². The van der Waals surface area contributed by atoms with Gasteiger partial charge in [-0.15, -0.1) is 0 Å². The molecule has 0 aromatic carbocycles. The van der Waals surface area contributed by atoms with Crippen molar-refractivity contribution in [1.82, 2.24) is 10.2 Å². The molecule has 1 aliphatic heterocycles. The van der Waals surface area contributed by atoms with Crippen LogP contribution < -0.4 is 5.32 Å². The van der Waals surface area contributed by atoms with E-state index in [1.807, 2.05) is 27.7 Å². The summed E-state index contributed by atoms with van der Waals surface area (Å²) in [7, 11) is 0. The maximum absolute atomic E-state index is 12.2. The molecule has 1 rings (SSSR count). The van der Waals surface area contributed by atoms with Gasteiger partial charge in [0.15, 0.2) is 0 Å². The lowest BCUT2D eigenvalue weighted by Crippen LogP contribution is -2.51. The zero-order valence-corrected chi connectivity index (χ0v) is 12.4. The van der Waals surface area contributed by atoms with Crippen LogP contribution in [-0.2, 0) is 9.59 Å². The van der Waals surface area contributed by atoms with Crippen molar-refractivity contribution < 1.29 is 14.7 Å². The molecule has 1 saturated heterocycles. The van der Waals surface area contributed by atoms with E-state index in [0.717, 1.165) is 19.4 Å². The Kier molecular flexibility index (Phi) is 5.35. The van der Waals surface area contributed by atoms with Gasteiger partial charge in [0, 0.05) is 18.5 Å². The Morgan fingerprint density at radius 3 is 2.63 bits per heavy atom. The van der Waals surface area contributed by atoms with E-state index >= 15 is 0 Å². The van der Waals surface area contributed by atoms with Crippen LogP contribution in [0.3, 0.4) is 0 Å². The molecule has 19 heavy (non-hydrogen) atoms. The molecule has 2 unspecified atom stereocenters. The molecular weight excluding hydrogens is 244 g/mol. The number of carbonyl (C=O) groups excluding carboxylic acids is 1. The summed E-state index contributed by atoms with van der Waals surface area (Å²) in [5.41, 5.74) is -0.189. The smallest absolute Gasteiger partial charge is 0.303 e. The summed E-state index contributed by atoms with van der Waals surface area (Å²) in [6.07, 6.45) is 1.94. The van der Waals surface area contributed by atoms with E-state index in [0.29, 0.717) is 6.54 Å². The Morgan fingerprint density at radius 2 is 2.11 bits per heavy atom. The first kappa shape index (κ1) is 16.0. The summed E-state index contributed by atoms with van der Waals surface area (Å²) in [4.78, 5) is 24.9. The van der Waals surface area contributed by atoms with Gasteiger partial charge in [-0.1, -0.05) is 6.92 Å². The quantitative estimate of drug-likeness (QED) is 0.767. The largest absolute Gasteiger partial charge is 0.481 e. The second-order valence-corrected chi connectivity index (χ2v) is 6.15. The van der Waals surface area contributed by atoms with Crippen LogP contribution in [-0.4, -0.2) is 46.6 Å². The monoisotopic (exact) mass is 270 g/mol. The van der Waals surface area contributed by atoms with Crippen molar-refractivity contribution in [1.29, 1.82) is 0 Å². The zero-order valence-electron chi connectivity index (χ0n) is 12.4. The number of rotatable bonds is 6. The molecule has 0 aromatic rings. The number of hydrogen-bond donors (Lipinski definition) is 2. The molecule has 0 radical (unpaired) electrons. The number of carboxylic acids is 1. The molecule has 2 N–H and O–H groups in total. The minimum atomic E-state index is -0.754. The van der Waals surface area contributed by atoms with Gasteiger partial charge in [-0.05, 0) is 46.1 Å². The highest BCUT2D eigenvalue weighted by atomic mass is 16.4. The van der Waals surface area contributed by atoms with Gasteiger partial charge in [-0.2, -0.15) is 0 Å². The number of nitrogens with zero attached hydrogens (tertiary/aromatic N) is 1. The van der Waals surface area contributed by atoms with Crippen LogP contribution in [0, 0.1) is 5.92 Å². The van der Waals surface area contributed by atoms with Crippen LogP contribution in [0.5, 0.6) is 0 Å². The third-order valence-electron chi connectivity index (χ3n) is 4.05. The standard InChI is InChI=1S/C14H26N2O3/c1-5-14(3,4)15-13(19)10(2)16-7-6-11(9-16)8-12(17)18/h10-11H,5-9H2,1-4H3,(H,15,19)(H,17,18). The molecule has 1 aliphatic rings. The van der Waals surface area contributed by atoms with Crippen LogP contribution in [0.1, 0.15) is 47.0 Å². The highest BCUT2D eigenvalue weighted by Crippen LogP contribution is 2.22. The predicted octanol–water partition coefficient (Wildman–Crippen LogP) is 1.48. The van der Waals surface area contributed by atoms with Crippen LogP contribution >= 0.6 is 0 Å². The molecule has 5 nitrogen and oxygen atoms in total. The average Bonchev–Trinajstić information content (AvgIpc) is 2.75. The van der Waals surface area contributed by atoms with Gasteiger partial charge in [-0.3, -0.25) is 14.5 Å². The van der Waals surface area contributed by atoms with Crippen molar-refractivity contribution in [2.24, 2.45) is 5.92 Å². The first-order chi connectivity index (χ1) is 8.75. The minimum absolute atomic E-state index is 0.0304. The maximum atomic E-state index is 12.2. The minimum Gasteiger partial charge on any atom is -0.481 e. The fourth-order valence-corrected chi connectivity index (χ4v) is 2.32. The van der Waals surface area contributed by atoms with E-state index in [4.69, 9.17) is 5.11 Å². The van der Waals surface area contributed by atoms with Crippen molar-refractivity contribution in [3.05, 3.63) is 0 Å². The van der Waals surface area contributed by atoms with E-state index in [-0.39, 0.29) is 29.8 Å². The number of aliphatic carboxylic acids is 1. The van der Waals surface area contributed by atoms with Crippen LogP contribution in [0.2, 0.25) is 0 Å². The van der Waals surface area contributed by atoms with Gasteiger partial charge < -0.3 is 10.4 Å². The molecule has 110 valence electrons. The second kappa shape index (κ2) is 6.37. The van der Waals surface area contributed by atoms with Crippen LogP contribution in [0.25, 0.3) is 0 Å². The third-order valence-corrected chi connectivity index (χ3v) is 4.05. The first-order valence-electron chi connectivity index (χ1n) is 7.03. The van der Waals surface area contributed by atoms with Gasteiger partial charge in [0.1, 0.15) is 0 Å². The molecule has 0 saturated carbocycles. The van der Waals surface area contributed by atoms with Gasteiger partial charge >= 0.3 is 5.97 Å². The number of carboxylic acid groups (broad SMARTS) is 1. The lowest BCUT2D eigenvalue weighted by molar-refractivity contribution is -0.138. The van der Waals surface area contributed by atoms with Crippen molar-refractivity contribution in [2.45, 2.75) is 58.5 Å². The topological polar surface area (TPSA) is 69.6 Å². The van der Waals surface area contributed by atoms with Crippen LogP contribution in [0.4, 0.5) is 0 Å². The second-order valence-electron chi connectivity index (χ2n) is 6.15. The number of amides is 1. The number of nitrogens with one attached hydrogen (secondary N) is 1. The molecule has 0 bridgehead atoms. The summed E-state index contributed by atoms with van der Waals surface area (Å²) in [5.74, 6) is -0.550. The summed E-state index contributed by atoms with van der Waals surface area (Å²) < 4.78 is 0. The first-order valence-corrected chi connectivity index (χ1v) is 7.03. The maximum Gasteiger partial charge on any atom is 0.303 e. The van der Waals surface area contributed by atoms with E-state index in [9.17, 15) is 9.59 Å². The molecule has 2 atom stereocenters. The Balaban J connectivity index is 2.48. The fraction of sp³-hybridized carbons (Fsp3) is 0.857. The highest BCUT2D eigenvalue weighted by molar-refractivity contribution is 5.82. The summed E-state index contributed by atoms with van der Waals surface area (Å²) in [6.45, 7) is 9.46. The predicted molar refractivity (Wildman–Crippen MR) is 73.9 cm³/mol. The molecule has 5 heteroatoms. The van der Waals surface area contributed by atoms with Gasteiger partial charge in [0.25, 0.3) is 0 Å². The highest BCUT2D eigenvalue weighted by Gasteiger charge is 2.32. The molecular formula is C14H26N2O3. The molecule has 1 heterocycles. The summed E-state index contributed by atoms with van der Waals surface area (Å²) in [5, 5.41) is 11.8. The Morgan fingerprint density at radius 1 is 1.47 bits per heavy atom.